The summed E-state index contributed by atoms with van der Waals surface area (Å²) in [6.45, 7) is 5.22. The third kappa shape index (κ3) is 2.61. The first-order valence-corrected chi connectivity index (χ1v) is 9.11. The Kier molecular flexibility index (Phi) is 4.61. The molecule has 1 N–H and O–H groups in total. The van der Waals surface area contributed by atoms with Gasteiger partial charge in [0.05, 0.1) is 15.5 Å². The first kappa shape index (κ1) is 18.2. The van der Waals surface area contributed by atoms with Crippen LogP contribution in [0.1, 0.15) is 38.8 Å². The molecule has 0 atom stereocenters. The van der Waals surface area contributed by atoms with Crippen LogP contribution in [0.3, 0.4) is 0 Å². The molecule has 0 radical (unpaired) electrons. The molecular formula is C19H15ClN2O3S. The Morgan fingerprint density at radius 1 is 1.38 bits per heavy atom. The minimum absolute atomic E-state index is 0.0619. The summed E-state index contributed by atoms with van der Waals surface area (Å²) in [5.41, 5.74) is 0.378. The second-order valence-corrected chi connectivity index (χ2v) is 7.36. The van der Waals surface area contributed by atoms with E-state index in [1.165, 1.54) is 18.3 Å². The Morgan fingerprint density at radius 2 is 2.08 bits per heavy atom. The number of fused-ring (bicyclic) bond motifs is 1. The van der Waals surface area contributed by atoms with Gasteiger partial charge >= 0.3 is 0 Å². The lowest BCUT2D eigenvalue weighted by Crippen LogP contribution is -2.26. The number of carbonyl (C=O) groups is 1. The fourth-order valence-corrected chi connectivity index (χ4v) is 4.51. The monoisotopic (exact) mass is 386 g/mol. The van der Waals surface area contributed by atoms with Crippen LogP contribution >= 0.6 is 22.9 Å². The first-order valence-electron chi connectivity index (χ1n) is 7.91. The van der Waals surface area contributed by atoms with Gasteiger partial charge in [0.2, 0.25) is 11.7 Å². The van der Waals surface area contributed by atoms with E-state index >= 15 is 0 Å². The summed E-state index contributed by atoms with van der Waals surface area (Å²) in [7, 11) is 0. The molecule has 2 aromatic heterocycles. The van der Waals surface area contributed by atoms with Crippen LogP contribution in [0.25, 0.3) is 10.1 Å². The summed E-state index contributed by atoms with van der Waals surface area (Å²) < 4.78 is 1.88. The number of thiophene rings is 1. The van der Waals surface area contributed by atoms with Crippen molar-refractivity contribution in [1.82, 2.24) is 4.57 Å². The van der Waals surface area contributed by atoms with Crippen LogP contribution in [0.2, 0.25) is 5.02 Å². The van der Waals surface area contributed by atoms with Gasteiger partial charge < -0.3 is 5.11 Å². The smallest absolute Gasteiger partial charge is 0.271 e. The number of hydrogen-bond acceptors (Lipinski definition) is 5. The van der Waals surface area contributed by atoms with Crippen molar-refractivity contribution < 1.29 is 9.90 Å². The predicted molar refractivity (Wildman–Crippen MR) is 102 cm³/mol. The molecule has 5 nitrogen and oxygen atoms in total. The van der Waals surface area contributed by atoms with Gasteiger partial charge in [-0.05, 0) is 38.0 Å². The number of carbonyl (C=O) groups excluding carboxylic acids is 1. The lowest BCUT2D eigenvalue weighted by atomic mass is 10.0. The number of halogens is 1. The van der Waals surface area contributed by atoms with Gasteiger partial charge in [0, 0.05) is 16.6 Å². The fraction of sp³-hybridized carbons (Fsp3) is 0.211. The second-order valence-electron chi connectivity index (χ2n) is 5.93. The molecule has 26 heavy (non-hydrogen) atoms. The number of aryl methyl sites for hydroxylation is 1. The SMILES string of the molecule is CCn1c(O)c(C(=O)c2sc3cc(C)ccc3c2Cl)c(C)c(C#N)c1=O. The number of nitriles is 1. The number of aromatic hydroxyl groups is 1. The van der Waals surface area contributed by atoms with Crippen LogP contribution < -0.4 is 5.56 Å². The van der Waals surface area contributed by atoms with E-state index in [0.29, 0.717) is 5.02 Å². The van der Waals surface area contributed by atoms with Gasteiger partial charge in [0.15, 0.2) is 0 Å². The zero-order chi connectivity index (χ0) is 19.2. The number of hydrogen-bond donors (Lipinski definition) is 1. The van der Waals surface area contributed by atoms with Crippen molar-refractivity contribution in [3.8, 4) is 11.9 Å². The average Bonchev–Trinajstić information content (AvgIpc) is 2.91. The number of benzene rings is 1. The van der Waals surface area contributed by atoms with Crippen molar-refractivity contribution in [2.24, 2.45) is 0 Å². The van der Waals surface area contributed by atoms with E-state index in [1.807, 2.05) is 31.2 Å². The number of ketones is 1. The highest BCUT2D eigenvalue weighted by molar-refractivity contribution is 7.21. The van der Waals surface area contributed by atoms with Crippen LogP contribution in [0.15, 0.2) is 23.0 Å². The highest BCUT2D eigenvalue weighted by Crippen LogP contribution is 2.38. The Bertz CT molecular complexity index is 1170. The van der Waals surface area contributed by atoms with Gasteiger partial charge in [0.25, 0.3) is 5.56 Å². The minimum Gasteiger partial charge on any atom is -0.494 e. The van der Waals surface area contributed by atoms with E-state index < -0.39 is 17.2 Å². The number of nitrogens with zero attached hydrogens (tertiary/aromatic N) is 2. The number of rotatable bonds is 3. The van der Waals surface area contributed by atoms with Crippen LogP contribution in [0.4, 0.5) is 0 Å². The molecule has 132 valence electrons. The highest BCUT2D eigenvalue weighted by Gasteiger charge is 2.27. The summed E-state index contributed by atoms with van der Waals surface area (Å²) in [4.78, 5) is 25.7. The molecular weight excluding hydrogens is 372 g/mol. The van der Waals surface area contributed by atoms with Gasteiger partial charge in [-0.1, -0.05) is 23.7 Å². The second kappa shape index (κ2) is 6.60. The van der Waals surface area contributed by atoms with Crippen LogP contribution in [0, 0.1) is 25.2 Å². The predicted octanol–water partition coefficient (Wildman–Crippen LogP) is 4.16. The average molecular weight is 387 g/mol. The zero-order valence-electron chi connectivity index (χ0n) is 14.4. The number of pyridine rings is 1. The molecule has 0 saturated carbocycles. The van der Waals surface area contributed by atoms with Crippen molar-refractivity contribution in [1.29, 1.82) is 5.26 Å². The normalized spacial score (nSPS) is 10.9. The molecule has 0 aliphatic heterocycles. The van der Waals surface area contributed by atoms with E-state index in [1.54, 1.807) is 6.92 Å². The van der Waals surface area contributed by atoms with E-state index in [-0.39, 0.29) is 28.1 Å². The van der Waals surface area contributed by atoms with Crippen LogP contribution in [-0.2, 0) is 6.54 Å². The molecule has 0 bridgehead atoms. The molecule has 0 spiro atoms. The van der Waals surface area contributed by atoms with Crippen LogP contribution in [0.5, 0.6) is 5.88 Å². The van der Waals surface area contributed by atoms with Crippen molar-refractivity contribution in [2.45, 2.75) is 27.3 Å². The zero-order valence-corrected chi connectivity index (χ0v) is 16.0. The maximum atomic E-state index is 13.2. The lowest BCUT2D eigenvalue weighted by molar-refractivity contribution is 0.103. The molecule has 1 aromatic carbocycles. The molecule has 0 unspecified atom stereocenters. The van der Waals surface area contributed by atoms with Gasteiger partial charge in [0.1, 0.15) is 11.6 Å². The van der Waals surface area contributed by atoms with Crippen LogP contribution in [-0.4, -0.2) is 15.5 Å². The van der Waals surface area contributed by atoms with E-state index in [9.17, 15) is 20.0 Å². The molecule has 2 heterocycles. The molecule has 0 aliphatic carbocycles. The van der Waals surface area contributed by atoms with Crippen molar-refractivity contribution >= 4 is 38.8 Å². The maximum Gasteiger partial charge on any atom is 0.271 e. The molecule has 0 aliphatic rings. The summed E-state index contributed by atoms with van der Waals surface area (Å²) in [5.74, 6) is -0.939. The fourth-order valence-electron chi connectivity index (χ4n) is 2.95. The van der Waals surface area contributed by atoms with Gasteiger partial charge in [-0.2, -0.15) is 5.26 Å². The molecule has 7 heteroatoms. The topological polar surface area (TPSA) is 83.1 Å². The summed E-state index contributed by atoms with van der Waals surface area (Å²) in [5, 5.41) is 20.9. The summed E-state index contributed by atoms with van der Waals surface area (Å²) in [6, 6.07) is 7.52. The van der Waals surface area contributed by atoms with Crippen molar-refractivity contribution in [2.75, 3.05) is 0 Å². The van der Waals surface area contributed by atoms with Crippen molar-refractivity contribution in [3.63, 3.8) is 0 Å². The van der Waals surface area contributed by atoms with Gasteiger partial charge in [-0.3, -0.25) is 14.2 Å². The maximum absolute atomic E-state index is 13.2. The third-order valence-electron chi connectivity index (χ3n) is 4.33. The third-order valence-corrected chi connectivity index (χ3v) is 5.99. The molecule has 3 rings (SSSR count). The largest absolute Gasteiger partial charge is 0.494 e. The minimum atomic E-state index is -0.611. The summed E-state index contributed by atoms with van der Waals surface area (Å²) >= 11 is 7.64. The number of aromatic nitrogens is 1. The van der Waals surface area contributed by atoms with Crippen molar-refractivity contribution in [3.05, 3.63) is 60.7 Å². The highest BCUT2D eigenvalue weighted by atomic mass is 35.5. The lowest BCUT2D eigenvalue weighted by Gasteiger charge is -2.13. The quantitative estimate of drug-likeness (QED) is 0.685. The standard InChI is InChI=1S/C19H15ClN2O3S/c1-4-22-18(24)12(8-21)10(3)14(19(22)25)16(23)17-15(20)11-6-5-9(2)7-13(11)26-17/h5-7,25H,4H2,1-3H3. The Balaban J connectivity index is 2.31. The van der Waals surface area contributed by atoms with E-state index in [0.717, 1.165) is 20.2 Å². The van der Waals surface area contributed by atoms with Gasteiger partial charge in [-0.25, -0.2) is 0 Å². The Hall–Kier alpha value is -2.62. The van der Waals surface area contributed by atoms with Gasteiger partial charge in [-0.15, -0.1) is 11.3 Å². The summed E-state index contributed by atoms with van der Waals surface area (Å²) in [6.07, 6.45) is 0. The molecule has 0 fully saturated rings. The van der Waals surface area contributed by atoms with E-state index in [4.69, 9.17) is 11.6 Å². The molecule has 3 aromatic rings. The molecule has 0 saturated heterocycles. The molecule has 0 amide bonds. The first-order chi connectivity index (χ1) is 12.3. The van der Waals surface area contributed by atoms with E-state index in [2.05, 4.69) is 0 Å². The Morgan fingerprint density at radius 3 is 2.69 bits per heavy atom. The Labute approximate surface area is 158 Å².